The number of rotatable bonds is 9. The van der Waals surface area contributed by atoms with Crippen molar-refractivity contribution in [2.24, 2.45) is 5.10 Å². The van der Waals surface area contributed by atoms with Crippen molar-refractivity contribution in [3.63, 3.8) is 0 Å². The zero-order valence-electron chi connectivity index (χ0n) is 15.0. The highest BCUT2D eigenvalue weighted by Crippen LogP contribution is 2.25. The highest BCUT2D eigenvalue weighted by atomic mass is 79.9. The van der Waals surface area contributed by atoms with Gasteiger partial charge in [-0.3, -0.25) is 4.79 Å². The molecular formula is C20H23BrN2O3. The molecule has 0 fully saturated rings. The molecule has 2 rings (SSSR count). The van der Waals surface area contributed by atoms with Gasteiger partial charge in [0.25, 0.3) is 5.91 Å². The summed E-state index contributed by atoms with van der Waals surface area (Å²) in [6.45, 7) is 5.44. The summed E-state index contributed by atoms with van der Waals surface area (Å²) in [7, 11) is 0. The Bertz CT molecular complexity index is 745. The fraction of sp³-hybridized carbons (Fsp3) is 0.300. The van der Waals surface area contributed by atoms with Crippen molar-refractivity contribution in [3.05, 3.63) is 58.1 Å². The van der Waals surface area contributed by atoms with E-state index in [-0.39, 0.29) is 5.91 Å². The second-order valence-corrected chi connectivity index (χ2v) is 6.46. The Hall–Kier alpha value is -2.34. The standard InChI is InChI=1S/C20H23BrN2O3/c1-3-11-25-17-8-6-16(7-9-17)20(24)23-22-14-15-5-10-19(18(21)13-15)26-12-4-2/h5-10,13-14H,3-4,11-12H2,1-2H3,(H,23,24)/b22-14-. The Kier molecular flexibility index (Phi) is 8.15. The number of hydrogen-bond donors (Lipinski definition) is 1. The summed E-state index contributed by atoms with van der Waals surface area (Å²) in [5.74, 6) is 1.27. The minimum absolute atomic E-state index is 0.273. The largest absolute Gasteiger partial charge is 0.494 e. The number of nitrogens with one attached hydrogen (secondary N) is 1. The number of carbonyl (C=O) groups is 1. The van der Waals surface area contributed by atoms with Crippen LogP contribution in [-0.4, -0.2) is 25.3 Å². The molecule has 2 aromatic rings. The molecule has 0 aliphatic carbocycles. The van der Waals surface area contributed by atoms with Crippen molar-refractivity contribution >= 4 is 28.1 Å². The van der Waals surface area contributed by atoms with Gasteiger partial charge < -0.3 is 9.47 Å². The maximum atomic E-state index is 12.1. The topological polar surface area (TPSA) is 59.9 Å². The van der Waals surface area contributed by atoms with Crippen LogP contribution in [0.5, 0.6) is 11.5 Å². The molecule has 5 nitrogen and oxygen atoms in total. The van der Waals surface area contributed by atoms with E-state index in [2.05, 4.69) is 33.4 Å². The summed E-state index contributed by atoms with van der Waals surface area (Å²) in [6, 6.07) is 12.6. The third-order valence-corrected chi connectivity index (χ3v) is 4.01. The molecule has 26 heavy (non-hydrogen) atoms. The van der Waals surface area contributed by atoms with Gasteiger partial charge in [0, 0.05) is 5.56 Å². The van der Waals surface area contributed by atoms with Crippen molar-refractivity contribution in [2.75, 3.05) is 13.2 Å². The molecule has 0 spiro atoms. The lowest BCUT2D eigenvalue weighted by atomic mass is 10.2. The molecule has 2 aromatic carbocycles. The predicted molar refractivity (Wildman–Crippen MR) is 107 cm³/mol. The second kappa shape index (κ2) is 10.6. The number of halogens is 1. The first-order valence-corrected chi connectivity index (χ1v) is 9.42. The lowest BCUT2D eigenvalue weighted by Crippen LogP contribution is -2.17. The highest BCUT2D eigenvalue weighted by molar-refractivity contribution is 9.10. The maximum absolute atomic E-state index is 12.1. The van der Waals surface area contributed by atoms with Crippen LogP contribution < -0.4 is 14.9 Å². The van der Waals surface area contributed by atoms with Crippen molar-refractivity contribution in [3.8, 4) is 11.5 Å². The molecular weight excluding hydrogens is 396 g/mol. The van der Waals surface area contributed by atoms with Crippen LogP contribution in [0.15, 0.2) is 52.0 Å². The average Bonchev–Trinajstić information content (AvgIpc) is 2.66. The normalized spacial score (nSPS) is 10.7. The zero-order valence-corrected chi connectivity index (χ0v) is 16.6. The molecule has 0 aliphatic rings. The number of hydrazone groups is 1. The number of nitrogens with zero attached hydrogens (tertiary/aromatic N) is 1. The van der Waals surface area contributed by atoms with Gasteiger partial charge >= 0.3 is 0 Å². The van der Waals surface area contributed by atoms with Gasteiger partial charge in [-0.25, -0.2) is 5.43 Å². The van der Waals surface area contributed by atoms with Gasteiger partial charge in [0.1, 0.15) is 11.5 Å². The van der Waals surface area contributed by atoms with E-state index in [1.54, 1.807) is 30.5 Å². The first-order valence-electron chi connectivity index (χ1n) is 8.62. The average molecular weight is 419 g/mol. The molecule has 0 saturated carbocycles. The van der Waals surface area contributed by atoms with Gasteiger partial charge in [0.05, 0.1) is 23.9 Å². The van der Waals surface area contributed by atoms with E-state index < -0.39 is 0 Å². The van der Waals surface area contributed by atoms with Crippen LogP contribution in [0.4, 0.5) is 0 Å². The van der Waals surface area contributed by atoms with Gasteiger partial charge in [-0.2, -0.15) is 5.10 Å². The molecule has 0 unspecified atom stereocenters. The summed E-state index contributed by atoms with van der Waals surface area (Å²) in [6.07, 6.45) is 3.48. The number of amides is 1. The van der Waals surface area contributed by atoms with Crippen molar-refractivity contribution < 1.29 is 14.3 Å². The van der Waals surface area contributed by atoms with E-state index in [1.807, 2.05) is 25.1 Å². The molecule has 0 radical (unpaired) electrons. The summed E-state index contributed by atoms with van der Waals surface area (Å²) >= 11 is 3.47. The molecule has 0 bridgehead atoms. The maximum Gasteiger partial charge on any atom is 0.271 e. The predicted octanol–water partition coefficient (Wildman–Crippen LogP) is 4.79. The van der Waals surface area contributed by atoms with Crippen LogP contribution in [0.3, 0.4) is 0 Å². The minimum atomic E-state index is -0.273. The van der Waals surface area contributed by atoms with Crippen LogP contribution in [0.25, 0.3) is 0 Å². The highest BCUT2D eigenvalue weighted by Gasteiger charge is 2.05. The van der Waals surface area contributed by atoms with Gasteiger partial charge in [-0.1, -0.05) is 13.8 Å². The first kappa shape index (κ1) is 20.0. The lowest BCUT2D eigenvalue weighted by molar-refractivity contribution is 0.0955. The SMILES string of the molecule is CCCOc1ccc(C(=O)N/N=C\c2ccc(OCCC)c(Br)c2)cc1. The number of ether oxygens (including phenoxy) is 2. The van der Waals surface area contributed by atoms with E-state index >= 15 is 0 Å². The third-order valence-electron chi connectivity index (χ3n) is 3.39. The minimum Gasteiger partial charge on any atom is -0.494 e. The van der Waals surface area contributed by atoms with E-state index in [4.69, 9.17) is 9.47 Å². The molecule has 0 aliphatic heterocycles. The molecule has 1 N–H and O–H groups in total. The first-order chi connectivity index (χ1) is 12.6. The number of hydrogen-bond acceptors (Lipinski definition) is 4. The van der Waals surface area contributed by atoms with Crippen molar-refractivity contribution in [1.82, 2.24) is 5.43 Å². The molecule has 0 aromatic heterocycles. The van der Waals surface area contributed by atoms with Crippen LogP contribution in [0, 0.1) is 0 Å². The Morgan fingerprint density at radius 1 is 1.08 bits per heavy atom. The smallest absolute Gasteiger partial charge is 0.271 e. The second-order valence-electron chi connectivity index (χ2n) is 5.61. The summed E-state index contributed by atoms with van der Waals surface area (Å²) in [4.78, 5) is 12.1. The molecule has 6 heteroatoms. The Morgan fingerprint density at radius 3 is 2.42 bits per heavy atom. The fourth-order valence-electron chi connectivity index (χ4n) is 2.08. The molecule has 0 heterocycles. The molecule has 0 atom stereocenters. The van der Waals surface area contributed by atoms with Gasteiger partial charge in [-0.15, -0.1) is 0 Å². The lowest BCUT2D eigenvalue weighted by Gasteiger charge is -2.07. The van der Waals surface area contributed by atoms with Gasteiger partial charge in [0.15, 0.2) is 0 Å². The number of benzene rings is 2. The summed E-state index contributed by atoms with van der Waals surface area (Å²) in [5.41, 5.74) is 3.90. The third kappa shape index (κ3) is 6.19. The Morgan fingerprint density at radius 2 is 1.77 bits per heavy atom. The Labute approximate surface area is 162 Å². The Balaban J connectivity index is 1.91. The number of carbonyl (C=O) groups excluding carboxylic acids is 1. The van der Waals surface area contributed by atoms with Gasteiger partial charge in [-0.05, 0) is 76.8 Å². The van der Waals surface area contributed by atoms with Gasteiger partial charge in [0.2, 0.25) is 0 Å². The molecule has 138 valence electrons. The van der Waals surface area contributed by atoms with Crippen molar-refractivity contribution in [2.45, 2.75) is 26.7 Å². The van der Waals surface area contributed by atoms with E-state index in [1.165, 1.54) is 0 Å². The van der Waals surface area contributed by atoms with Crippen molar-refractivity contribution in [1.29, 1.82) is 0 Å². The molecule has 1 amide bonds. The molecule has 0 saturated heterocycles. The van der Waals surface area contributed by atoms with Crippen LogP contribution in [0.1, 0.15) is 42.6 Å². The van der Waals surface area contributed by atoms with Crippen LogP contribution >= 0.6 is 15.9 Å². The van der Waals surface area contributed by atoms with E-state index in [0.717, 1.165) is 34.4 Å². The monoisotopic (exact) mass is 418 g/mol. The quantitative estimate of drug-likeness (QED) is 0.470. The van der Waals surface area contributed by atoms with E-state index in [9.17, 15) is 4.79 Å². The van der Waals surface area contributed by atoms with Crippen LogP contribution in [-0.2, 0) is 0 Å². The fourth-order valence-corrected chi connectivity index (χ4v) is 2.59. The summed E-state index contributed by atoms with van der Waals surface area (Å²) in [5, 5.41) is 4.01. The van der Waals surface area contributed by atoms with E-state index in [0.29, 0.717) is 18.8 Å². The summed E-state index contributed by atoms with van der Waals surface area (Å²) < 4.78 is 12.0. The van der Waals surface area contributed by atoms with Crippen LogP contribution in [0.2, 0.25) is 0 Å². The zero-order chi connectivity index (χ0) is 18.8.